The molecule has 1 aliphatic rings. The van der Waals surface area contributed by atoms with Crippen LogP contribution in [-0.2, 0) is 16.1 Å². The number of rotatable bonds is 6. The highest BCUT2D eigenvalue weighted by Gasteiger charge is 2.30. The Balaban J connectivity index is 1.59. The maximum atomic E-state index is 13.9. The van der Waals surface area contributed by atoms with E-state index in [4.69, 9.17) is 5.11 Å². The van der Waals surface area contributed by atoms with Crippen LogP contribution in [0.5, 0.6) is 0 Å². The van der Waals surface area contributed by atoms with Gasteiger partial charge in [-0.3, -0.25) is 23.9 Å². The smallest absolute Gasteiger partial charge is 0.277 e. The number of benzene rings is 2. The molecule has 8 nitrogen and oxygen atoms in total. The third kappa shape index (κ3) is 3.58. The van der Waals surface area contributed by atoms with Gasteiger partial charge in [-0.2, -0.15) is 0 Å². The molecule has 2 heterocycles. The zero-order chi connectivity index (χ0) is 21.3. The molecule has 0 radical (unpaired) electrons. The Morgan fingerprint density at radius 1 is 1.10 bits per heavy atom. The van der Waals surface area contributed by atoms with Gasteiger partial charge in [0.05, 0.1) is 36.9 Å². The van der Waals surface area contributed by atoms with Crippen LogP contribution in [0.15, 0.2) is 65.4 Å². The molecule has 30 heavy (non-hydrogen) atoms. The fourth-order valence-corrected chi connectivity index (χ4v) is 3.22. The minimum atomic E-state index is -0.539. The van der Waals surface area contributed by atoms with E-state index in [2.05, 4.69) is 10.3 Å². The standard InChI is InChI=1S/C21H17FN4O4/c22-16-4-2-1-3-13(16)11-25-12-23-17-9-14(5-6-15(17)20(25)29)24-18-10-19(28)26(7-8-27)21(18)30/h1-6,9-10,12,24,27H,7-8,11H2. The lowest BCUT2D eigenvalue weighted by atomic mass is 10.2. The van der Waals surface area contributed by atoms with E-state index in [0.29, 0.717) is 22.2 Å². The number of β-amino-alcohol motifs (C(OH)–C–C–N with tert-alkyl or cyclic N) is 1. The van der Waals surface area contributed by atoms with Gasteiger partial charge in [0.25, 0.3) is 17.4 Å². The number of fused-ring (bicyclic) bond motifs is 1. The SMILES string of the molecule is O=C1C=C(Nc2ccc3c(=O)n(Cc4ccccc4F)cnc3c2)C(=O)N1CCO. The van der Waals surface area contributed by atoms with Gasteiger partial charge in [0.15, 0.2) is 0 Å². The second-order valence-corrected chi connectivity index (χ2v) is 6.70. The van der Waals surface area contributed by atoms with Crippen molar-refractivity contribution < 1.29 is 19.1 Å². The number of carbonyl (C=O) groups excluding carboxylic acids is 2. The number of halogens is 1. The van der Waals surface area contributed by atoms with Crippen molar-refractivity contribution in [2.24, 2.45) is 0 Å². The summed E-state index contributed by atoms with van der Waals surface area (Å²) in [5.41, 5.74) is 0.984. The molecule has 152 valence electrons. The predicted molar refractivity (Wildman–Crippen MR) is 107 cm³/mol. The van der Waals surface area contributed by atoms with Crippen LogP contribution in [0.4, 0.5) is 10.1 Å². The molecule has 0 bridgehead atoms. The van der Waals surface area contributed by atoms with E-state index >= 15 is 0 Å². The Bertz CT molecular complexity index is 1250. The first-order valence-electron chi connectivity index (χ1n) is 9.16. The number of nitrogens with one attached hydrogen (secondary N) is 1. The summed E-state index contributed by atoms with van der Waals surface area (Å²) in [6.45, 7) is -0.351. The Labute approximate surface area is 169 Å². The molecule has 0 saturated heterocycles. The summed E-state index contributed by atoms with van der Waals surface area (Å²) in [4.78, 5) is 42.0. The number of hydrogen-bond donors (Lipinski definition) is 2. The lowest BCUT2D eigenvalue weighted by Crippen LogP contribution is -2.34. The molecule has 3 aromatic rings. The minimum Gasteiger partial charge on any atom is -0.395 e. The van der Waals surface area contributed by atoms with Crippen molar-refractivity contribution in [2.45, 2.75) is 6.54 Å². The molecule has 2 N–H and O–H groups in total. The van der Waals surface area contributed by atoms with Crippen LogP contribution in [0, 0.1) is 5.82 Å². The number of aromatic nitrogens is 2. The van der Waals surface area contributed by atoms with Gasteiger partial charge in [-0.25, -0.2) is 9.37 Å². The molecule has 1 aliphatic heterocycles. The van der Waals surface area contributed by atoms with E-state index in [1.54, 1.807) is 36.4 Å². The molecule has 1 aromatic heterocycles. The maximum absolute atomic E-state index is 13.9. The number of amides is 2. The number of aliphatic hydroxyl groups excluding tert-OH is 1. The van der Waals surface area contributed by atoms with Gasteiger partial charge >= 0.3 is 0 Å². The van der Waals surface area contributed by atoms with Gasteiger partial charge in [0.1, 0.15) is 11.5 Å². The van der Waals surface area contributed by atoms with Crippen molar-refractivity contribution >= 4 is 28.4 Å². The highest BCUT2D eigenvalue weighted by atomic mass is 19.1. The summed E-state index contributed by atoms with van der Waals surface area (Å²) in [7, 11) is 0. The third-order valence-corrected chi connectivity index (χ3v) is 4.74. The van der Waals surface area contributed by atoms with Crippen LogP contribution >= 0.6 is 0 Å². The van der Waals surface area contributed by atoms with Gasteiger partial charge in [0.2, 0.25) is 0 Å². The van der Waals surface area contributed by atoms with Gasteiger partial charge < -0.3 is 10.4 Å². The topological polar surface area (TPSA) is 105 Å². The first-order valence-corrected chi connectivity index (χ1v) is 9.16. The fraction of sp³-hybridized carbons (Fsp3) is 0.143. The summed E-state index contributed by atoms with van der Waals surface area (Å²) in [5.74, 6) is -1.45. The van der Waals surface area contributed by atoms with Gasteiger partial charge in [0, 0.05) is 17.3 Å². The second-order valence-electron chi connectivity index (χ2n) is 6.70. The zero-order valence-corrected chi connectivity index (χ0v) is 15.7. The van der Waals surface area contributed by atoms with Crippen LogP contribution in [0.2, 0.25) is 0 Å². The normalized spacial score (nSPS) is 13.8. The summed E-state index contributed by atoms with van der Waals surface area (Å²) in [6.07, 6.45) is 2.50. The Morgan fingerprint density at radius 2 is 1.90 bits per heavy atom. The summed E-state index contributed by atoms with van der Waals surface area (Å²) in [5, 5.41) is 12.2. The molecule has 2 aromatic carbocycles. The van der Waals surface area contributed by atoms with Crippen molar-refractivity contribution in [1.29, 1.82) is 0 Å². The molecule has 0 spiro atoms. The van der Waals surface area contributed by atoms with Gasteiger partial charge in [-0.1, -0.05) is 18.2 Å². The molecular formula is C21H17FN4O4. The molecule has 9 heteroatoms. The highest BCUT2D eigenvalue weighted by molar-refractivity contribution is 6.17. The molecule has 2 amide bonds. The average Bonchev–Trinajstić information content (AvgIpc) is 2.99. The van der Waals surface area contributed by atoms with Crippen molar-refractivity contribution in [2.75, 3.05) is 18.5 Å². The molecular weight excluding hydrogens is 391 g/mol. The highest BCUT2D eigenvalue weighted by Crippen LogP contribution is 2.20. The first kappa shape index (κ1) is 19.5. The monoisotopic (exact) mass is 408 g/mol. The number of hydrogen-bond acceptors (Lipinski definition) is 6. The summed E-state index contributed by atoms with van der Waals surface area (Å²) in [6, 6.07) is 10.9. The average molecular weight is 408 g/mol. The predicted octanol–water partition coefficient (Wildman–Crippen LogP) is 1.24. The van der Waals surface area contributed by atoms with Crippen molar-refractivity contribution in [3.05, 3.63) is 82.3 Å². The quantitative estimate of drug-likeness (QED) is 0.595. The van der Waals surface area contributed by atoms with Crippen molar-refractivity contribution in [3.63, 3.8) is 0 Å². The van der Waals surface area contributed by atoms with E-state index in [-0.39, 0.29) is 31.0 Å². The van der Waals surface area contributed by atoms with E-state index in [1.807, 2.05) is 0 Å². The van der Waals surface area contributed by atoms with E-state index in [0.717, 1.165) is 11.0 Å². The number of nitrogens with zero attached hydrogens (tertiary/aromatic N) is 3. The van der Waals surface area contributed by atoms with Crippen LogP contribution in [-0.4, -0.2) is 44.5 Å². The number of anilines is 1. The van der Waals surface area contributed by atoms with Crippen LogP contribution in [0.1, 0.15) is 5.56 Å². The maximum Gasteiger partial charge on any atom is 0.277 e. The van der Waals surface area contributed by atoms with Crippen molar-refractivity contribution in [1.82, 2.24) is 14.5 Å². The first-order chi connectivity index (χ1) is 14.5. The summed E-state index contributed by atoms with van der Waals surface area (Å²) < 4.78 is 15.2. The van der Waals surface area contributed by atoms with Crippen LogP contribution in [0.3, 0.4) is 0 Å². The Morgan fingerprint density at radius 3 is 2.67 bits per heavy atom. The van der Waals surface area contributed by atoms with E-state index in [9.17, 15) is 18.8 Å². The molecule has 0 unspecified atom stereocenters. The minimum absolute atomic E-state index is 0.0542. The molecule has 4 rings (SSSR count). The second kappa shape index (κ2) is 7.88. The lowest BCUT2D eigenvalue weighted by molar-refractivity contribution is -0.137. The Hall–Kier alpha value is -3.85. The van der Waals surface area contributed by atoms with E-state index in [1.165, 1.54) is 17.0 Å². The molecule has 0 aliphatic carbocycles. The van der Waals surface area contributed by atoms with Crippen molar-refractivity contribution in [3.8, 4) is 0 Å². The Kier molecular flexibility index (Phi) is 5.11. The van der Waals surface area contributed by atoms with Gasteiger partial charge in [-0.05, 0) is 24.3 Å². The van der Waals surface area contributed by atoms with Crippen LogP contribution in [0.25, 0.3) is 10.9 Å². The number of carbonyl (C=O) groups is 2. The van der Waals surface area contributed by atoms with Gasteiger partial charge in [-0.15, -0.1) is 0 Å². The number of aliphatic hydroxyl groups is 1. The molecule has 0 fully saturated rings. The largest absolute Gasteiger partial charge is 0.395 e. The molecule has 0 atom stereocenters. The fourth-order valence-electron chi connectivity index (χ4n) is 3.22. The lowest BCUT2D eigenvalue weighted by Gasteiger charge is -2.13. The van der Waals surface area contributed by atoms with E-state index < -0.39 is 17.6 Å². The van der Waals surface area contributed by atoms with Crippen LogP contribution < -0.4 is 10.9 Å². The zero-order valence-electron chi connectivity index (χ0n) is 15.7. The number of imide groups is 1. The third-order valence-electron chi connectivity index (χ3n) is 4.74. The molecule has 0 saturated carbocycles. The summed E-state index contributed by atoms with van der Waals surface area (Å²) >= 11 is 0.